The highest BCUT2D eigenvalue weighted by Crippen LogP contribution is 2.23. The zero-order chi connectivity index (χ0) is 22.1. The van der Waals surface area contributed by atoms with Gasteiger partial charge in [0.25, 0.3) is 0 Å². The third-order valence-electron chi connectivity index (χ3n) is 4.62. The van der Waals surface area contributed by atoms with Crippen molar-refractivity contribution in [2.24, 2.45) is 0 Å². The van der Waals surface area contributed by atoms with Crippen LogP contribution in [0.1, 0.15) is 19.3 Å². The van der Waals surface area contributed by atoms with Gasteiger partial charge in [0.2, 0.25) is 11.9 Å². The molecule has 0 aliphatic carbocycles. The SMILES string of the molecule is O=C(CO)NCCCNc1nc(Nc2cccc(NC(=O)N3CCCC3)c2)ncc1Br. The number of aromatic nitrogens is 2. The van der Waals surface area contributed by atoms with Crippen molar-refractivity contribution in [2.75, 3.05) is 48.7 Å². The fourth-order valence-electron chi connectivity index (χ4n) is 3.06. The molecule has 2 heterocycles. The van der Waals surface area contributed by atoms with Crippen molar-refractivity contribution in [3.63, 3.8) is 0 Å². The zero-order valence-electron chi connectivity index (χ0n) is 17.0. The number of urea groups is 1. The van der Waals surface area contributed by atoms with Gasteiger partial charge in [0.05, 0.1) is 4.47 Å². The number of nitrogens with zero attached hydrogens (tertiary/aromatic N) is 3. The second-order valence-corrected chi connectivity index (χ2v) is 7.86. The molecular weight excluding hydrogens is 466 g/mol. The molecular formula is C20H26BrN7O3. The largest absolute Gasteiger partial charge is 0.387 e. The summed E-state index contributed by atoms with van der Waals surface area (Å²) >= 11 is 3.42. The van der Waals surface area contributed by atoms with E-state index in [9.17, 15) is 9.59 Å². The topological polar surface area (TPSA) is 132 Å². The van der Waals surface area contributed by atoms with Crippen LogP contribution in [-0.2, 0) is 4.79 Å². The molecule has 0 atom stereocenters. The van der Waals surface area contributed by atoms with E-state index in [0.717, 1.165) is 31.6 Å². The Labute approximate surface area is 189 Å². The summed E-state index contributed by atoms with van der Waals surface area (Å²) in [6.45, 7) is 2.11. The third-order valence-corrected chi connectivity index (χ3v) is 5.20. The number of benzene rings is 1. The molecule has 0 unspecified atom stereocenters. The molecule has 3 rings (SSSR count). The van der Waals surface area contributed by atoms with Crippen LogP contribution in [0.4, 0.5) is 27.9 Å². The fourth-order valence-corrected chi connectivity index (χ4v) is 3.39. The summed E-state index contributed by atoms with van der Waals surface area (Å²) in [7, 11) is 0. The summed E-state index contributed by atoms with van der Waals surface area (Å²) in [5.41, 5.74) is 1.45. The minimum absolute atomic E-state index is 0.0868. The number of rotatable bonds is 9. The summed E-state index contributed by atoms with van der Waals surface area (Å²) in [4.78, 5) is 33.9. The number of aliphatic hydroxyl groups is 1. The van der Waals surface area contributed by atoms with Gasteiger partial charge in [0, 0.05) is 43.8 Å². The lowest BCUT2D eigenvalue weighted by Gasteiger charge is -2.16. The first kappa shape index (κ1) is 22.8. The van der Waals surface area contributed by atoms with E-state index >= 15 is 0 Å². The number of likely N-dealkylation sites (tertiary alicyclic amines) is 1. The van der Waals surface area contributed by atoms with E-state index in [2.05, 4.69) is 47.2 Å². The maximum Gasteiger partial charge on any atom is 0.321 e. The lowest BCUT2D eigenvalue weighted by atomic mass is 10.3. The van der Waals surface area contributed by atoms with Crippen LogP contribution in [0, 0.1) is 0 Å². The number of carbonyl (C=O) groups is 2. The first-order chi connectivity index (χ1) is 15.0. The molecule has 1 aliphatic heterocycles. The van der Waals surface area contributed by atoms with Crippen molar-refractivity contribution in [2.45, 2.75) is 19.3 Å². The van der Waals surface area contributed by atoms with Crippen LogP contribution >= 0.6 is 15.9 Å². The summed E-state index contributed by atoms with van der Waals surface area (Å²) < 4.78 is 0.712. The van der Waals surface area contributed by atoms with E-state index in [0.29, 0.717) is 41.4 Å². The van der Waals surface area contributed by atoms with Gasteiger partial charge in [-0.05, 0) is 53.4 Å². The number of carbonyl (C=O) groups excluding carboxylic acids is 2. The Kier molecular flexibility index (Phi) is 8.42. The lowest BCUT2D eigenvalue weighted by Crippen LogP contribution is -2.32. The standard InChI is InChI=1S/C20H26BrN7O3/c21-16-12-24-19(27-18(16)23-8-4-7-22-17(30)13-29)25-14-5-3-6-15(11-14)26-20(31)28-9-1-2-10-28/h3,5-6,11-12,29H,1-2,4,7-10,13H2,(H,22,30)(H,26,31)(H2,23,24,25,27). The van der Waals surface area contributed by atoms with E-state index in [4.69, 9.17) is 5.11 Å². The normalized spacial score (nSPS) is 13.0. The predicted molar refractivity (Wildman–Crippen MR) is 122 cm³/mol. The van der Waals surface area contributed by atoms with Crippen LogP contribution < -0.4 is 21.3 Å². The molecule has 1 aromatic heterocycles. The van der Waals surface area contributed by atoms with Gasteiger partial charge in [-0.2, -0.15) is 4.98 Å². The van der Waals surface area contributed by atoms with Crippen molar-refractivity contribution >= 4 is 51.0 Å². The molecule has 3 amide bonds. The van der Waals surface area contributed by atoms with Gasteiger partial charge in [0.15, 0.2) is 0 Å². The van der Waals surface area contributed by atoms with Crippen LogP contribution in [-0.4, -0.2) is 64.7 Å². The fraction of sp³-hybridized carbons (Fsp3) is 0.400. The van der Waals surface area contributed by atoms with E-state index in [1.54, 1.807) is 6.20 Å². The third kappa shape index (κ3) is 7.07. The second-order valence-electron chi connectivity index (χ2n) is 7.01. The summed E-state index contributed by atoms with van der Waals surface area (Å²) in [5.74, 6) is 0.625. The zero-order valence-corrected chi connectivity index (χ0v) is 18.6. The van der Waals surface area contributed by atoms with Gasteiger partial charge in [-0.3, -0.25) is 4.79 Å². The van der Waals surface area contributed by atoms with Crippen LogP contribution in [0.5, 0.6) is 0 Å². The molecule has 10 nitrogen and oxygen atoms in total. The highest BCUT2D eigenvalue weighted by Gasteiger charge is 2.17. The highest BCUT2D eigenvalue weighted by molar-refractivity contribution is 9.10. The van der Waals surface area contributed by atoms with Crippen LogP contribution in [0.2, 0.25) is 0 Å². The Morgan fingerprint density at radius 1 is 1.16 bits per heavy atom. The smallest absolute Gasteiger partial charge is 0.321 e. The van der Waals surface area contributed by atoms with Crippen LogP contribution in [0.25, 0.3) is 0 Å². The highest BCUT2D eigenvalue weighted by atomic mass is 79.9. The Hall–Kier alpha value is -2.92. The minimum Gasteiger partial charge on any atom is -0.387 e. The molecule has 2 aromatic rings. The molecule has 1 saturated heterocycles. The summed E-state index contributed by atoms with van der Waals surface area (Å²) in [6, 6.07) is 7.30. The molecule has 1 aliphatic rings. The van der Waals surface area contributed by atoms with Gasteiger partial charge in [-0.1, -0.05) is 6.07 Å². The van der Waals surface area contributed by atoms with Crippen LogP contribution in [0.3, 0.4) is 0 Å². The average Bonchev–Trinajstić information content (AvgIpc) is 3.31. The first-order valence-electron chi connectivity index (χ1n) is 10.1. The van der Waals surface area contributed by atoms with Crippen LogP contribution in [0.15, 0.2) is 34.9 Å². The van der Waals surface area contributed by atoms with E-state index in [-0.39, 0.29) is 6.03 Å². The molecule has 1 fully saturated rings. The summed E-state index contributed by atoms with van der Waals surface area (Å²) in [5, 5.41) is 20.5. The lowest BCUT2D eigenvalue weighted by molar-refractivity contribution is -0.123. The van der Waals surface area contributed by atoms with E-state index < -0.39 is 12.5 Å². The first-order valence-corrected chi connectivity index (χ1v) is 10.9. The van der Waals surface area contributed by atoms with Gasteiger partial charge in [-0.15, -0.1) is 0 Å². The van der Waals surface area contributed by atoms with Gasteiger partial charge >= 0.3 is 6.03 Å². The average molecular weight is 492 g/mol. The van der Waals surface area contributed by atoms with Crippen molar-refractivity contribution in [1.29, 1.82) is 0 Å². The number of amides is 3. The maximum atomic E-state index is 12.3. The number of aliphatic hydroxyl groups excluding tert-OH is 1. The molecule has 1 aromatic carbocycles. The van der Waals surface area contributed by atoms with E-state index in [1.165, 1.54) is 0 Å². The van der Waals surface area contributed by atoms with Crippen molar-refractivity contribution in [3.8, 4) is 0 Å². The number of nitrogens with one attached hydrogen (secondary N) is 4. The Morgan fingerprint density at radius 2 is 1.94 bits per heavy atom. The monoisotopic (exact) mass is 491 g/mol. The number of halogens is 1. The number of hydrogen-bond donors (Lipinski definition) is 5. The van der Waals surface area contributed by atoms with Crippen molar-refractivity contribution < 1.29 is 14.7 Å². The molecule has 11 heteroatoms. The Bertz CT molecular complexity index is 906. The quantitative estimate of drug-likeness (QED) is 0.340. The molecule has 5 N–H and O–H groups in total. The minimum atomic E-state index is -0.511. The van der Waals surface area contributed by atoms with Gasteiger partial charge in [0.1, 0.15) is 12.4 Å². The molecule has 31 heavy (non-hydrogen) atoms. The number of anilines is 4. The molecule has 166 valence electrons. The van der Waals surface area contributed by atoms with Crippen molar-refractivity contribution in [3.05, 3.63) is 34.9 Å². The van der Waals surface area contributed by atoms with Crippen molar-refractivity contribution in [1.82, 2.24) is 20.2 Å². The molecule has 0 bridgehead atoms. The summed E-state index contributed by atoms with van der Waals surface area (Å²) in [6.07, 6.45) is 4.40. The Balaban J connectivity index is 1.55. The van der Waals surface area contributed by atoms with Gasteiger partial charge < -0.3 is 31.3 Å². The molecule has 0 radical (unpaired) electrons. The number of hydrogen-bond acceptors (Lipinski definition) is 7. The molecule has 0 saturated carbocycles. The predicted octanol–water partition coefficient (Wildman–Crippen LogP) is 2.52. The Morgan fingerprint density at radius 3 is 2.71 bits per heavy atom. The maximum absolute atomic E-state index is 12.3. The second kappa shape index (κ2) is 11.5. The molecule has 0 spiro atoms. The van der Waals surface area contributed by atoms with Gasteiger partial charge in [-0.25, -0.2) is 9.78 Å². The van der Waals surface area contributed by atoms with E-state index in [1.807, 2.05) is 29.2 Å².